The summed E-state index contributed by atoms with van der Waals surface area (Å²) in [5.74, 6) is 0.608. The van der Waals surface area contributed by atoms with Crippen LogP contribution >= 0.6 is 23.2 Å². The minimum atomic E-state index is -0.244. The molecule has 0 N–H and O–H groups in total. The molecule has 0 saturated carbocycles. The highest BCUT2D eigenvalue weighted by Crippen LogP contribution is 2.29. The van der Waals surface area contributed by atoms with E-state index in [0.29, 0.717) is 32.3 Å². The van der Waals surface area contributed by atoms with Crippen molar-refractivity contribution in [2.24, 2.45) is 0 Å². The van der Waals surface area contributed by atoms with E-state index in [0.717, 1.165) is 5.56 Å². The predicted molar refractivity (Wildman–Crippen MR) is 99.1 cm³/mol. The van der Waals surface area contributed by atoms with E-state index < -0.39 is 0 Å². The fourth-order valence-electron chi connectivity index (χ4n) is 2.61. The molecule has 26 heavy (non-hydrogen) atoms. The number of halogens is 2. The Balaban J connectivity index is 1.61. The van der Waals surface area contributed by atoms with Crippen LogP contribution in [0, 0.1) is 0 Å². The third-order valence-electron chi connectivity index (χ3n) is 3.94. The van der Waals surface area contributed by atoms with Crippen molar-refractivity contribution < 1.29 is 18.4 Å². The molecule has 0 spiro atoms. The fraction of sp³-hybridized carbons (Fsp3) is 0.0500. The largest absolute Gasteiger partial charge is 0.489 e. The van der Waals surface area contributed by atoms with Gasteiger partial charge in [-0.15, -0.1) is 0 Å². The first-order valence-electron chi connectivity index (χ1n) is 7.78. The Kier molecular flexibility index (Phi) is 4.45. The van der Waals surface area contributed by atoms with Crippen LogP contribution in [-0.2, 0) is 6.61 Å². The Morgan fingerprint density at radius 2 is 1.92 bits per heavy atom. The Bertz CT molecular complexity index is 1080. The van der Waals surface area contributed by atoms with E-state index >= 15 is 0 Å². The number of benzene rings is 2. The lowest BCUT2D eigenvalue weighted by Crippen LogP contribution is -1.99. The molecule has 0 amide bonds. The highest BCUT2D eigenvalue weighted by atomic mass is 35.5. The van der Waals surface area contributed by atoms with Crippen LogP contribution in [0.25, 0.3) is 11.0 Å². The summed E-state index contributed by atoms with van der Waals surface area (Å²) in [4.78, 5) is 12.5. The maximum absolute atomic E-state index is 12.5. The van der Waals surface area contributed by atoms with Gasteiger partial charge >= 0.3 is 0 Å². The Morgan fingerprint density at radius 1 is 1.04 bits per heavy atom. The van der Waals surface area contributed by atoms with Crippen LogP contribution in [0.4, 0.5) is 0 Å². The van der Waals surface area contributed by atoms with Gasteiger partial charge in [-0.1, -0.05) is 29.3 Å². The average molecular weight is 387 g/mol. The molecule has 130 valence electrons. The van der Waals surface area contributed by atoms with E-state index in [-0.39, 0.29) is 18.2 Å². The first-order chi connectivity index (χ1) is 12.6. The van der Waals surface area contributed by atoms with Gasteiger partial charge in [0, 0.05) is 21.0 Å². The molecule has 0 unspecified atom stereocenters. The lowest BCUT2D eigenvalue weighted by Gasteiger charge is -2.08. The molecule has 2 heterocycles. The topological polar surface area (TPSA) is 52.6 Å². The zero-order chi connectivity index (χ0) is 18.1. The molecule has 4 rings (SSSR count). The Morgan fingerprint density at radius 3 is 2.69 bits per heavy atom. The molecule has 4 nitrogen and oxygen atoms in total. The van der Waals surface area contributed by atoms with Crippen LogP contribution in [-0.4, -0.2) is 5.78 Å². The molecule has 0 aliphatic heterocycles. The first kappa shape index (κ1) is 16.8. The highest BCUT2D eigenvalue weighted by Gasteiger charge is 2.18. The van der Waals surface area contributed by atoms with Crippen molar-refractivity contribution in [1.29, 1.82) is 0 Å². The zero-order valence-electron chi connectivity index (χ0n) is 13.4. The lowest BCUT2D eigenvalue weighted by atomic mass is 10.1. The SMILES string of the molecule is O=C(c1ccco1)c1coc2ccc(OCc3ccc(Cl)cc3Cl)cc12. The molecule has 2 aromatic heterocycles. The normalized spacial score (nSPS) is 11.0. The van der Waals surface area contributed by atoms with Gasteiger partial charge in [0.15, 0.2) is 5.76 Å². The monoisotopic (exact) mass is 386 g/mol. The van der Waals surface area contributed by atoms with Gasteiger partial charge in [0.25, 0.3) is 0 Å². The number of ketones is 1. The van der Waals surface area contributed by atoms with Crippen LogP contribution in [0.5, 0.6) is 5.75 Å². The molecule has 0 atom stereocenters. The Labute approximate surface area is 158 Å². The third kappa shape index (κ3) is 3.21. The molecular formula is C20H12Cl2O4. The molecular weight excluding hydrogens is 375 g/mol. The van der Waals surface area contributed by atoms with Gasteiger partial charge in [0.1, 0.15) is 24.2 Å². The minimum Gasteiger partial charge on any atom is -0.489 e. The van der Waals surface area contributed by atoms with Crippen LogP contribution in [0.2, 0.25) is 10.0 Å². The van der Waals surface area contributed by atoms with E-state index in [1.165, 1.54) is 12.5 Å². The number of ether oxygens (including phenoxy) is 1. The number of rotatable bonds is 5. The molecule has 0 aliphatic rings. The Hall–Kier alpha value is -2.69. The molecule has 0 radical (unpaired) electrons. The van der Waals surface area contributed by atoms with Crippen LogP contribution < -0.4 is 4.74 Å². The molecule has 2 aromatic carbocycles. The molecule has 0 fully saturated rings. The van der Waals surface area contributed by atoms with Crippen molar-refractivity contribution >= 4 is 40.0 Å². The van der Waals surface area contributed by atoms with Gasteiger partial charge in [0.2, 0.25) is 5.78 Å². The summed E-state index contributed by atoms with van der Waals surface area (Å²) >= 11 is 12.1. The molecule has 0 saturated heterocycles. The second-order valence-corrected chi connectivity index (χ2v) is 6.48. The number of furan rings is 2. The van der Waals surface area contributed by atoms with Gasteiger partial charge in [-0.25, -0.2) is 0 Å². The van der Waals surface area contributed by atoms with E-state index in [1.807, 2.05) is 6.07 Å². The van der Waals surface area contributed by atoms with Crippen molar-refractivity contribution in [3.8, 4) is 5.75 Å². The molecule has 0 aliphatic carbocycles. The number of hydrogen-bond acceptors (Lipinski definition) is 4. The van der Waals surface area contributed by atoms with Gasteiger partial charge in [-0.3, -0.25) is 4.79 Å². The second kappa shape index (κ2) is 6.90. The summed E-state index contributed by atoms with van der Waals surface area (Å²) in [7, 11) is 0. The number of carbonyl (C=O) groups excluding carboxylic acids is 1. The maximum Gasteiger partial charge on any atom is 0.232 e. The number of hydrogen-bond donors (Lipinski definition) is 0. The summed E-state index contributed by atoms with van der Waals surface area (Å²) in [6.07, 6.45) is 2.88. The molecule has 4 aromatic rings. The summed E-state index contributed by atoms with van der Waals surface area (Å²) in [6.45, 7) is 0.279. The van der Waals surface area contributed by atoms with Gasteiger partial charge in [0.05, 0.1) is 11.8 Å². The summed E-state index contributed by atoms with van der Waals surface area (Å²) < 4.78 is 16.5. The van der Waals surface area contributed by atoms with Gasteiger partial charge in [-0.05, 0) is 42.5 Å². The van der Waals surface area contributed by atoms with E-state index in [2.05, 4.69) is 0 Å². The zero-order valence-corrected chi connectivity index (χ0v) is 14.9. The summed E-state index contributed by atoms with van der Waals surface area (Å²) in [6, 6.07) is 13.8. The van der Waals surface area contributed by atoms with E-state index in [1.54, 1.807) is 42.5 Å². The quantitative estimate of drug-likeness (QED) is 0.386. The van der Waals surface area contributed by atoms with E-state index in [4.69, 9.17) is 36.8 Å². The average Bonchev–Trinajstić information content (AvgIpc) is 3.30. The maximum atomic E-state index is 12.5. The van der Waals surface area contributed by atoms with Crippen LogP contribution in [0.15, 0.2) is 69.9 Å². The third-order valence-corrected chi connectivity index (χ3v) is 4.53. The summed E-state index contributed by atoms with van der Waals surface area (Å²) in [5, 5.41) is 1.77. The molecule has 0 bridgehead atoms. The van der Waals surface area contributed by atoms with Gasteiger partial charge in [-0.2, -0.15) is 0 Å². The smallest absolute Gasteiger partial charge is 0.232 e. The summed E-state index contributed by atoms with van der Waals surface area (Å²) in [5.41, 5.74) is 1.83. The van der Waals surface area contributed by atoms with Crippen molar-refractivity contribution in [3.63, 3.8) is 0 Å². The predicted octanol–water partition coefficient (Wildman–Crippen LogP) is 6.14. The van der Waals surface area contributed by atoms with Crippen molar-refractivity contribution in [1.82, 2.24) is 0 Å². The van der Waals surface area contributed by atoms with Crippen molar-refractivity contribution in [2.75, 3.05) is 0 Å². The first-order valence-corrected chi connectivity index (χ1v) is 8.53. The number of carbonyl (C=O) groups is 1. The minimum absolute atomic E-state index is 0.244. The van der Waals surface area contributed by atoms with E-state index in [9.17, 15) is 4.79 Å². The fourth-order valence-corrected chi connectivity index (χ4v) is 3.08. The van der Waals surface area contributed by atoms with Crippen molar-refractivity contribution in [2.45, 2.75) is 6.61 Å². The number of fused-ring (bicyclic) bond motifs is 1. The lowest BCUT2D eigenvalue weighted by molar-refractivity contribution is 0.101. The second-order valence-electron chi connectivity index (χ2n) is 5.64. The standard InChI is InChI=1S/C20H12Cl2O4/c21-13-4-3-12(17(22)8-13)10-25-14-5-6-18-15(9-14)16(11-26-18)20(23)19-2-1-7-24-19/h1-9,11H,10H2. The highest BCUT2D eigenvalue weighted by molar-refractivity contribution is 6.35. The molecule has 6 heteroatoms. The van der Waals surface area contributed by atoms with Crippen LogP contribution in [0.3, 0.4) is 0 Å². The van der Waals surface area contributed by atoms with Gasteiger partial charge < -0.3 is 13.6 Å². The van der Waals surface area contributed by atoms with Crippen molar-refractivity contribution in [3.05, 3.63) is 88.0 Å². The van der Waals surface area contributed by atoms with Crippen LogP contribution in [0.1, 0.15) is 21.7 Å².